The molecule has 4 rings (SSSR count). The number of nitrogens with one attached hydrogen (secondary N) is 1. The molecule has 3 heterocycles. The molecule has 0 saturated heterocycles. The number of anilines is 1. The minimum atomic E-state index is -0.515. The van der Waals surface area contributed by atoms with Crippen LogP contribution in [0.25, 0.3) is 11.0 Å². The number of amides is 1. The Labute approximate surface area is 165 Å². The molecular formula is C20H20N4O5. The van der Waals surface area contributed by atoms with Gasteiger partial charge in [0.15, 0.2) is 17.1 Å². The Balaban J connectivity index is 1.90. The van der Waals surface area contributed by atoms with Gasteiger partial charge in [-0.1, -0.05) is 13.8 Å². The summed E-state index contributed by atoms with van der Waals surface area (Å²) in [4.78, 5) is 42.4. The van der Waals surface area contributed by atoms with Crippen LogP contribution in [0.5, 0.6) is 11.5 Å². The van der Waals surface area contributed by atoms with Gasteiger partial charge in [0.05, 0.1) is 5.69 Å². The average Bonchev–Trinajstić information content (AvgIpc) is 3.17. The van der Waals surface area contributed by atoms with E-state index in [4.69, 9.17) is 9.47 Å². The first-order valence-corrected chi connectivity index (χ1v) is 9.09. The quantitative estimate of drug-likeness (QED) is 0.723. The zero-order valence-electron chi connectivity index (χ0n) is 16.5. The van der Waals surface area contributed by atoms with E-state index in [1.165, 1.54) is 18.7 Å². The Bertz CT molecular complexity index is 1270. The number of benzene rings is 1. The van der Waals surface area contributed by atoms with Crippen LogP contribution in [0.1, 0.15) is 35.7 Å². The predicted molar refractivity (Wildman–Crippen MR) is 107 cm³/mol. The molecule has 0 unspecified atom stereocenters. The number of fused-ring (bicyclic) bond motifs is 2. The van der Waals surface area contributed by atoms with Crippen LogP contribution in [-0.4, -0.2) is 26.8 Å². The van der Waals surface area contributed by atoms with Crippen LogP contribution >= 0.6 is 0 Å². The van der Waals surface area contributed by atoms with Gasteiger partial charge in [-0.3, -0.25) is 18.7 Å². The molecule has 1 amide bonds. The van der Waals surface area contributed by atoms with Crippen LogP contribution in [0.3, 0.4) is 0 Å². The van der Waals surface area contributed by atoms with E-state index in [0.29, 0.717) is 28.3 Å². The number of ether oxygens (including phenoxy) is 2. The first kappa shape index (κ1) is 18.7. The van der Waals surface area contributed by atoms with Crippen molar-refractivity contribution in [3.63, 3.8) is 0 Å². The van der Waals surface area contributed by atoms with Crippen molar-refractivity contribution in [2.75, 3.05) is 12.1 Å². The third-order valence-electron chi connectivity index (χ3n) is 4.99. The lowest BCUT2D eigenvalue weighted by molar-refractivity contribution is 0.102. The molecule has 1 aliphatic rings. The van der Waals surface area contributed by atoms with E-state index in [2.05, 4.69) is 10.3 Å². The molecule has 0 radical (unpaired) electrons. The third kappa shape index (κ3) is 2.95. The number of carbonyl (C=O) groups excluding carboxylic acids is 1. The number of nitrogens with zero attached hydrogens (tertiary/aromatic N) is 3. The van der Waals surface area contributed by atoms with Crippen LogP contribution in [0.4, 0.5) is 5.69 Å². The molecule has 29 heavy (non-hydrogen) atoms. The van der Waals surface area contributed by atoms with Gasteiger partial charge in [0.1, 0.15) is 5.39 Å². The number of rotatable bonds is 3. The lowest BCUT2D eigenvalue weighted by Gasteiger charge is -2.17. The molecule has 0 fully saturated rings. The van der Waals surface area contributed by atoms with Crippen molar-refractivity contribution < 1.29 is 14.3 Å². The van der Waals surface area contributed by atoms with Gasteiger partial charge in [-0.15, -0.1) is 0 Å². The second-order valence-corrected chi connectivity index (χ2v) is 7.17. The van der Waals surface area contributed by atoms with E-state index in [-0.39, 0.29) is 23.7 Å². The van der Waals surface area contributed by atoms with Gasteiger partial charge < -0.3 is 14.8 Å². The van der Waals surface area contributed by atoms with Crippen molar-refractivity contribution in [1.29, 1.82) is 0 Å². The van der Waals surface area contributed by atoms with Crippen LogP contribution in [0, 0.1) is 0 Å². The first-order valence-electron chi connectivity index (χ1n) is 9.09. The fourth-order valence-electron chi connectivity index (χ4n) is 3.34. The highest BCUT2D eigenvalue weighted by Crippen LogP contribution is 2.33. The fraction of sp³-hybridized carbons (Fsp3) is 0.300. The minimum Gasteiger partial charge on any atom is -0.454 e. The lowest BCUT2D eigenvalue weighted by atomic mass is 10.0. The van der Waals surface area contributed by atoms with E-state index in [1.807, 2.05) is 13.8 Å². The summed E-state index contributed by atoms with van der Waals surface area (Å²) in [5, 5.41) is 3.04. The minimum absolute atomic E-state index is 0.0131. The maximum absolute atomic E-state index is 13.0. The SMILES string of the molecule is CC(C)c1cnc2c(c1NC(=O)c1ccc3c(c1)OCO3)c(=O)n(C)c(=O)n2C. The summed E-state index contributed by atoms with van der Waals surface area (Å²) in [6.45, 7) is 3.98. The monoisotopic (exact) mass is 396 g/mol. The molecule has 0 bridgehead atoms. The summed E-state index contributed by atoms with van der Waals surface area (Å²) < 4.78 is 12.9. The smallest absolute Gasteiger partial charge is 0.332 e. The van der Waals surface area contributed by atoms with Crippen molar-refractivity contribution in [3.05, 3.63) is 56.4 Å². The largest absolute Gasteiger partial charge is 0.454 e. The molecule has 0 aliphatic carbocycles. The zero-order chi connectivity index (χ0) is 20.9. The fourth-order valence-corrected chi connectivity index (χ4v) is 3.34. The Morgan fingerprint density at radius 3 is 2.59 bits per heavy atom. The molecular weight excluding hydrogens is 376 g/mol. The third-order valence-corrected chi connectivity index (χ3v) is 4.99. The molecule has 9 nitrogen and oxygen atoms in total. The van der Waals surface area contributed by atoms with E-state index in [9.17, 15) is 14.4 Å². The summed E-state index contributed by atoms with van der Waals surface area (Å²) in [6, 6.07) is 4.87. The summed E-state index contributed by atoms with van der Waals surface area (Å²) >= 11 is 0. The van der Waals surface area contributed by atoms with Gasteiger partial charge in [-0.2, -0.15) is 0 Å². The number of aryl methyl sites for hydroxylation is 1. The first-order chi connectivity index (χ1) is 13.8. The van der Waals surface area contributed by atoms with Gasteiger partial charge >= 0.3 is 5.69 Å². The highest BCUT2D eigenvalue weighted by molar-refractivity contribution is 6.09. The Hall–Kier alpha value is -3.62. The Kier molecular flexibility index (Phi) is 4.37. The van der Waals surface area contributed by atoms with E-state index in [0.717, 1.165) is 4.57 Å². The summed E-state index contributed by atoms with van der Waals surface area (Å²) in [7, 11) is 2.94. The van der Waals surface area contributed by atoms with Crippen LogP contribution in [-0.2, 0) is 14.1 Å². The average molecular weight is 396 g/mol. The highest BCUT2D eigenvalue weighted by atomic mass is 16.7. The zero-order valence-corrected chi connectivity index (χ0v) is 16.5. The second kappa shape index (κ2) is 6.77. The molecule has 1 aromatic carbocycles. The molecule has 150 valence electrons. The van der Waals surface area contributed by atoms with Gasteiger partial charge in [0.25, 0.3) is 11.5 Å². The topological polar surface area (TPSA) is 104 Å². The number of aromatic nitrogens is 3. The van der Waals surface area contributed by atoms with Crippen molar-refractivity contribution >= 4 is 22.6 Å². The Morgan fingerprint density at radius 2 is 1.86 bits per heavy atom. The molecule has 1 N–H and O–H groups in total. The van der Waals surface area contributed by atoms with Crippen LogP contribution in [0.2, 0.25) is 0 Å². The number of hydrogen-bond acceptors (Lipinski definition) is 6. The van der Waals surface area contributed by atoms with Crippen molar-refractivity contribution in [2.45, 2.75) is 19.8 Å². The maximum Gasteiger partial charge on any atom is 0.332 e. The molecule has 0 atom stereocenters. The predicted octanol–water partition coefficient (Wildman–Crippen LogP) is 1.74. The highest BCUT2D eigenvalue weighted by Gasteiger charge is 2.22. The van der Waals surface area contributed by atoms with Gasteiger partial charge in [0, 0.05) is 25.9 Å². The molecule has 3 aromatic rings. The molecule has 9 heteroatoms. The Morgan fingerprint density at radius 1 is 1.14 bits per heavy atom. The normalized spacial score (nSPS) is 12.6. The molecule has 1 aliphatic heterocycles. The summed E-state index contributed by atoms with van der Waals surface area (Å²) in [5.74, 6) is 0.636. The van der Waals surface area contributed by atoms with Gasteiger partial charge in [-0.05, 0) is 29.7 Å². The number of carbonyl (C=O) groups is 1. The number of hydrogen-bond donors (Lipinski definition) is 1. The van der Waals surface area contributed by atoms with E-state index >= 15 is 0 Å². The van der Waals surface area contributed by atoms with Crippen molar-refractivity contribution in [3.8, 4) is 11.5 Å². The molecule has 0 saturated carbocycles. The van der Waals surface area contributed by atoms with Gasteiger partial charge in [-0.25, -0.2) is 9.78 Å². The van der Waals surface area contributed by atoms with Crippen LogP contribution in [0.15, 0.2) is 34.0 Å². The van der Waals surface area contributed by atoms with Crippen LogP contribution < -0.4 is 26.0 Å². The lowest BCUT2D eigenvalue weighted by Crippen LogP contribution is -2.38. The van der Waals surface area contributed by atoms with Crippen molar-refractivity contribution in [2.24, 2.45) is 14.1 Å². The standard InChI is InChI=1S/C20H20N4O5/c1-10(2)12-8-21-17-15(19(26)24(4)20(27)23(17)3)16(12)22-18(25)11-5-6-13-14(7-11)29-9-28-13/h5-8,10H,9H2,1-4H3,(H,21,22,25). The summed E-state index contributed by atoms with van der Waals surface area (Å²) in [6.07, 6.45) is 1.58. The molecule has 0 spiro atoms. The van der Waals surface area contributed by atoms with Gasteiger partial charge in [0.2, 0.25) is 6.79 Å². The number of pyridine rings is 1. The van der Waals surface area contributed by atoms with Crippen molar-refractivity contribution in [1.82, 2.24) is 14.1 Å². The summed E-state index contributed by atoms with van der Waals surface area (Å²) in [5.41, 5.74) is 0.615. The second-order valence-electron chi connectivity index (χ2n) is 7.17. The van der Waals surface area contributed by atoms with E-state index < -0.39 is 17.2 Å². The maximum atomic E-state index is 13.0. The van der Waals surface area contributed by atoms with E-state index in [1.54, 1.807) is 24.4 Å². The molecule has 2 aromatic heterocycles.